The number of carbonyl (C=O) groups is 1. The van der Waals surface area contributed by atoms with Crippen molar-refractivity contribution in [2.75, 3.05) is 18.9 Å². The number of carbonyl (C=O) groups excluding carboxylic acids is 1. The van der Waals surface area contributed by atoms with Crippen molar-refractivity contribution in [1.29, 1.82) is 0 Å². The number of rotatable bonds is 4. The van der Waals surface area contributed by atoms with E-state index in [9.17, 15) is 9.59 Å². The topological polar surface area (TPSA) is 67.2 Å². The standard InChI is InChI=1S/C13H20N4O2/c1-9(2)8-17-7-5-14-11(13(17)19)15-10-4-6-16(3)12(10)18/h5,7,9-10H,4,6,8H2,1-3H3,(H,14,15). The van der Waals surface area contributed by atoms with Crippen molar-refractivity contribution in [2.45, 2.75) is 32.9 Å². The second-order valence-electron chi connectivity index (χ2n) is 5.37. The molecule has 1 aromatic heterocycles. The molecule has 1 saturated heterocycles. The summed E-state index contributed by atoms with van der Waals surface area (Å²) in [4.78, 5) is 29.7. The quantitative estimate of drug-likeness (QED) is 0.862. The molecule has 104 valence electrons. The number of nitrogens with one attached hydrogen (secondary N) is 1. The van der Waals surface area contributed by atoms with Crippen LogP contribution in [0.1, 0.15) is 20.3 Å². The van der Waals surface area contributed by atoms with Gasteiger partial charge in [-0.05, 0) is 12.3 Å². The smallest absolute Gasteiger partial charge is 0.293 e. The Labute approximate surface area is 112 Å². The lowest BCUT2D eigenvalue weighted by Gasteiger charge is -2.14. The van der Waals surface area contributed by atoms with Crippen molar-refractivity contribution in [3.63, 3.8) is 0 Å². The zero-order valence-electron chi connectivity index (χ0n) is 11.6. The Balaban J connectivity index is 2.17. The first kappa shape index (κ1) is 13.6. The van der Waals surface area contributed by atoms with E-state index in [0.717, 1.165) is 0 Å². The molecule has 2 heterocycles. The molecular formula is C13H20N4O2. The van der Waals surface area contributed by atoms with Crippen molar-refractivity contribution in [3.05, 3.63) is 22.7 Å². The molecule has 0 spiro atoms. The summed E-state index contributed by atoms with van der Waals surface area (Å²) in [6.45, 7) is 5.46. The van der Waals surface area contributed by atoms with Crippen LogP contribution >= 0.6 is 0 Å². The first-order valence-electron chi connectivity index (χ1n) is 6.56. The average Bonchev–Trinajstić information content (AvgIpc) is 2.65. The normalized spacial score (nSPS) is 19.3. The van der Waals surface area contributed by atoms with Gasteiger partial charge in [-0.2, -0.15) is 0 Å². The number of anilines is 1. The molecule has 1 amide bonds. The van der Waals surface area contributed by atoms with Gasteiger partial charge in [0.1, 0.15) is 6.04 Å². The molecule has 6 nitrogen and oxygen atoms in total. The molecule has 0 aromatic carbocycles. The monoisotopic (exact) mass is 264 g/mol. The zero-order chi connectivity index (χ0) is 14.0. The highest BCUT2D eigenvalue weighted by atomic mass is 16.2. The summed E-state index contributed by atoms with van der Waals surface area (Å²) < 4.78 is 1.63. The summed E-state index contributed by atoms with van der Waals surface area (Å²) in [7, 11) is 1.76. The summed E-state index contributed by atoms with van der Waals surface area (Å²) >= 11 is 0. The van der Waals surface area contributed by atoms with Crippen LogP contribution in [0.3, 0.4) is 0 Å². The van der Waals surface area contributed by atoms with Crippen LogP contribution in [-0.4, -0.2) is 40.0 Å². The van der Waals surface area contributed by atoms with E-state index in [0.29, 0.717) is 25.4 Å². The van der Waals surface area contributed by atoms with Crippen LogP contribution in [0.15, 0.2) is 17.2 Å². The molecule has 1 atom stereocenters. The fraction of sp³-hybridized carbons (Fsp3) is 0.615. The molecule has 1 aliphatic rings. The van der Waals surface area contributed by atoms with Gasteiger partial charge >= 0.3 is 0 Å². The van der Waals surface area contributed by atoms with Crippen LogP contribution in [0.4, 0.5) is 5.82 Å². The summed E-state index contributed by atoms with van der Waals surface area (Å²) in [5, 5.41) is 2.97. The fourth-order valence-electron chi connectivity index (χ4n) is 2.20. The molecule has 1 aromatic rings. The molecule has 6 heteroatoms. The van der Waals surface area contributed by atoms with E-state index in [-0.39, 0.29) is 23.3 Å². The van der Waals surface area contributed by atoms with Gasteiger partial charge < -0.3 is 14.8 Å². The minimum Gasteiger partial charge on any atom is -0.354 e. The summed E-state index contributed by atoms with van der Waals surface area (Å²) in [6.07, 6.45) is 3.97. The Bertz CT molecular complexity index is 524. The first-order valence-corrected chi connectivity index (χ1v) is 6.56. The summed E-state index contributed by atoms with van der Waals surface area (Å²) in [5.41, 5.74) is -0.168. The number of hydrogen-bond acceptors (Lipinski definition) is 4. The Morgan fingerprint density at radius 1 is 1.47 bits per heavy atom. The molecule has 1 fully saturated rings. The van der Waals surface area contributed by atoms with E-state index < -0.39 is 0 Å². The first-order chi connectivity index (χ1) is 8.99. The molecule has 0 bridgehead atoms. The maximum absolute atomic E-state index is 12.2. The molecule has 0 aliphatic carbocycles. The molecule has 2 rings (SSSR count). The van der Waals surface area contributed by atoms with E-state index >= 15 is 0 Å². The van der Waals surface area contributed by atoms with Crippen molar-refractivity contribution in [1.82, 2.24) is 14.5 Å². The van der Waals surface area contributed by atoms with Crippen LogP contribution in [0.5, 0.6) is 0 Å². The molecule has 1 unspecified atom stereocenters. The maximum atomic E-state index is 12.2. The van der Waals surface area contributed by atoms with Gasteiger partial charge in [0.25, 0.3) is 5.56 Å². The SMILES string of the molecule is CC(C)Cn1ccnc(NC2CCN(C)C2=O)c1=O. The zero-order valence-corrected chi connectivity index (χ0v) is 11.6. The minimum absolute atomic E-state index is 0.0143. The average molecular weight is 264 g/mol. The largest absolute Gasteiger partial charge is 0.354 e. The second kappa shape index (κ2) is 5.42. The van der Waals surface area contributed by atoms with Crippen LogP contribution in [0.25, 0.3) is 0 Å². The predicted octanol–water partition coefficient (Wildman–Crippen LogP) is 0.542. The highest BCUT2D eigenvalue weighted by Gasteiger charge is 2.29. The third-order valence-electron chi connectivity index (χ3n) is 3.21. The molecule has 0 saturated carbocycles. The number of amides is 1. The lowest BCUT2D eigenvalue weighted by atomic mass is 10.2. The molecular weight excluding hydrogens is 244 g/mol. The van der Waals surface area contributed by atoms with Crippen LogP contribution in [0, 0.1) is 5.92 Å². The van der Waals surface area contributed by atoms with E-state index in [4.69, 9.17) is 0 Å². The van der Waals surface area contributed by atoms with Gasteiger partial charge in [0.05, 0.1) is 0 Å². The summed E-state index contributed by atoms with van der Waals surface area (Å²) in [6, 6.07) is -0.333. The van der Waals surface area contributed by atoms with Gasteiger partial charge in [-0.3, -0.25) is 9.59 Å². The Hall–Kier alpha value is -1.85. The van der Waals surface area contributed by atoms with Gasteiger partial charge in [0, 0.05) is 32.5 Å². The third kappa shape index (κ3) is 2.94. The van der Waals surface area contributed by atoms with Crippen LogP contribution in [0.2, 0.25) is 0 Å². The lowest BCUT2D eigenvalue weighted by Crippen LogP contribution is -2.35. The fourth-order valence-corrected chi connectivity index (χ4v) is 2.20. The van der Waals surface area contributed by atoms with E-state index in [1.165, 1.54) is 0 Å². The second-order valence-corrected chi connectivity index (χ2v) is 5.37. The van der Waals surface area contributed by atoms with Crippen molar-refractivity contribution >= 4 is 11.7 Å². The van der Waals surface area contributed by atoms with Gasteiger partial charge in [0.15, 0.2) is 5.82 Å². The van der Waals surface area contributed by atoms with E-state index in [2.05, 4.69) is 24.1 Å². The third-order valence-corrected chi connectivity index (χ3v) is 3.21. The van der Waals surface area contributed by atoms with E-state index in [1.54, 1.807) is 28.9 Å². The Kier molecular flexibility index (Phi) is 3.87. The van der Waals surface area contributed by atoms with Crippen molar-refractivity contribution in [3.8, 4) is 0 Å². The lowest BCUT2D eigenvalue weighted by molar-refractivity contribution is -0.127. The van der Waals surface area contributed by atoms with Crippen molar-refractivity contribution < 1.29 is 4.79 Å². The molecule has 1 aliphatic heterocycles. The molecule has 0 radical (unpaired) electrons. The van der Waals surface area contributed by atoms with Gasteiger partial charge in [0.2, 0.25) is 5.91 Å². The number of likely N-dealkylation sites (N-methyl/N-ethyl adjacent to an activating group) is 1. The van der Waals surface area contributed by atoms with Gasteiger partial charge in [-0.15, -0.1) is 0 Å². The number of nitrogens with zero attached hydrogens (tertiary/aromatic N) is 3. The van der Waals surface area contributed by atoms with Crippen LogP contribution in [-0.2, 0) is 11.3 Å². The van der Waals surface area contributed by atoms with Crippen molar-refractivity contribution in [2.24, 2.45) is 5.92 Å². The molecule has 19 heavy (non-hydrogen) atoms. The Morgan fingerprint density at radius 3 is 2.79 bits per heavy atom. The summed E-state index contributed by atoms with van der Waals surface area (Å²) in [5.74, 6) is 0.657. The highest BCUT2D eigenvalue weighted by Crippen LogP contribution is 2.12. The Morgan fingerprint density at radius 2 is 2.21 bits per heavy atom. The minimum atomic E-state index is -0.333. The van der Waals surface area contributed by atoms with Gasteiger partial charge in [-0.1, -0.05) is 13.8 Å². The molecule has 1 N–H and O–H groups in total. The number of likely N-dealkylation sites (tertiary alicyclic amines) is 1. The number of aromatic nitrogens is 2. The highest BCUT2D eigenvalue weighted by molar-refractivity contribution is 5.86. The maximum Gasteiger partial charge on any atom is 0.293 e. The number of hydrogen-bond donors (Lipinski definition) is 1. The predicted molar refractivity (Wildman–Crippen MR) is 73.0 cm³/mol. The van der Waals surface area contributed by atoms with Gasteiger partial charge in [-0.25, -0.2) is 4.98 Å². The van der Waals surface area contributed by atoms with E-state index in [1.807, 2.05) is 0 Å². The van der Waals surface area contributed by atoms with Crippen LogP contribution < -0.4 is 10.9 Å².